The predicted octanol–water partition coefficient (Wildman–Crippen LogP) is 3.06. The lowest BCUT2D eigenvalue weighted by Gasteiger charge is -2.21. The van der Waals surface area contributed by atoms with Gasteiger partial charge >= 0.3 is 6.18 Å². The summed E-state index contributed by atoms with van der Waals surface area (Å²) in [5, 5.41) is 5.30. The quantitative estimate of drug-likeness (QED) is 0.840. The minimum absolute atomic E-state index is 0.00465. The molecule has 2 N–H and O–H groups in total. The van der Waals surface area contributed by atoms with Crippen LogP contribution in [0.15, 0.2) is 12.1 Å². The van der Waals surface area contributed by atoms with Gasteiger partial charge in [-0.05, 0) is 39.8 Å². The standard InChI is InChI=1S/C15H18F3N3O/c1-6-14(4,5)21-13(22)10-7-8-11(15(16,17)18)20-12(10)19-9(2)3/h1,7-9H,2-5H3,(H,19,20)(H,21,22). The SMILES string of the molecule is C#CC(C)(C)NC(=O)c1ccc(C(F)(F)F)nc1NC(C)C. The van der Waals surface area contributed by atoms with Crippen molar-refractivity contribution in [1.82, 2.24) is 10.3 Å². The van der Waals surface area contributed by atoms with Crippen molar-refractivity contribution in [1.29, 1.82) is 0 Å². The molecule has 1 aromatic rings. The molecule has 0 radical (unpaired) electrons. The number of alkyl halides is 3. The molecule has 0 unspecified atom stereocenters. The minimum Gasteiger partial charge on any atom is -0.367 e. The van der Waals surface area contributed by atoms with Crippen LogP contribution in [-0.4, -0.2) is 22.5 Å². The number of carbonyl (C=O) groups is 1. The second-order valence-electron chi connectivity index (χ2n) is 5.61. The van der Waals surface area contributed by atoms with Crippen LogP contribution in [0.4, 0.5) is 19.0 Å². The van der Waals surface area contributed by atoms with Gasteiger partial charge in [-0.3, -0.25) is 4.79 Å². The van der Waals surface area contributed by atoms with E-state index in [1.54, 1.807) is 27.7 Å². The van der Waals surface area contributed by atoms with Crippen LogP contribution in [0.3, 0.4) is 0 Å². The number of nitrogens with one attached hydrogen (secondary N) is 2. The number of terminal acetylenes is 1. The summed E-state index contributed by atoms with van der Waals surface area (Å²) >= 11 is 0. The zero-order valence-electron chi connectivity index (χ0n) is 12.8. The molecule has 1 rings (SSSR count). The first-order valence-electron chi connectivity index (χ1n) is 6.61. The second kappa shape index (κ2) is 6.26. The fourth-order valence-corrected chi connectivity index (χ4v) is 1.57. The second-order valence-corrected chi connectivity index (χ2v) is 5.61. The van der Waals surface area contributed by atoms with Gasteiger partial charge in [-0.25, -0.2) is 4.98 Å². The monoisotopic (exact) mass is 313 g/mol. The first-order chi connectivity index (χ1) is 9.96. The number of pyridine rings is 1. The number of aromatic nitrogens is 1. The first-order valence-corrected chi connectivity index (χ1v) is 6.61. The van der Waals surface area contributed by atoms with Crippen molar-refractivity contribution in [2.24, 2.45) is 0 Å². The summed E-state index contributed by atoms with van der Waals surface area (Å²) in [6, 6.07) is 1.66. The van der Waals surface area contributed by atoms with Crippen LogP contribution in [0.1, 0.15) is 43.7 Å². The van der Waals surface area contributed by atoms with E-state index in [1.807, 2.05) is 0 Å². The molecule has 4 nitrogen and oxygen atoms in total. The average molecular weight is 313 g/mol. The number of hydrogen-bond acceptors (Lipinski definition) is 3. The summed E-state index contributed by atoms with van der Waals surface area (Å²) in [5.74, 6) is 1.67. The maximum atomic E-state index is 12.7. The third-order valence-electron chi connectivity index (χ3n) is 2.64. The number of carbonyl (C=O) groups excluding carboxylic acids is 1. The third-order valence-corrected chi connectivity index (χ3v) is 2.64. The van der Waals surface area contributed by atoms with Gasteiger partial charge in [0.2, 0.25) is 0 Å². The summed E-state index contributed by atoms with van der Waals surface area (Å²) in [5.41, 5.74) is -1.98. The van der Waals surface area contributed by atoms with E-state index in [9.17, 15) is 18.0 Å². The van der Waals surface area contributed by atoms with E-state index in [1.165, 1.54) is 0 Å². The molecule has 0 aliphatic rings. The lowest BCUT2D eigenvalue weighted by molar-refractivity contribution is -0.141. The Hall–Kier alpha value is -2.23. The number of halogens is 3. The molecule has 1 aromatic heterocycles. The molecule has 0 saturated heterocycles. The minimum atomic E-state index is -4.58. The number of amides is 1. The summed E-state index contributed by atoms with van der Waals surface area (Å²) < 4.78 is 38.2. The highest BCUT2D eigenvalue weighted by atomic mass is 19.4. The summed E-state index contributed by atoms with van der Waals surface area (Å²) in [4.78, 5) is 15.7. The molecule has 120 valence electrons. The lowest BCUT2D eigenvalue weighted by atomic mass is 10.1. The number of rotatable bonds is 4. The first kappa shape index (κ1) is 17.8. The Morgan fingerprint density at radius 1 is 1.32 bits per heavy atom. The van der Waals surface area contributed by atoms with Crippen LogP contribution < -0.4 is 10.6 Å². The predicted molar refractivity (Wildman–Crippen MR) is 78.4 cm³/mol. The van der Waals surface area contributed by atoms with Gasteiger partial charge < -0.3 is 10.6 Å². The van der Waals surface area contributed by atoms with E-state index in [-0.39, 0.29) is 17.4 Å². The van der Waals surface area contributed by atoms with Crippen LogP contribution in [-0.2, 0) is 6.18 Å². The molecule has 1 amide bonds. The van der Waals surface area contributed by atoms with Gasteiger partial charge in [-0.1, -0.05) is 5.92 Å². The number of anilines is 1. The highest BCUT2D eigenvalue weighted by Crippen LogP contribution is 2.29. The zero-order valence-corrected chi connectivity index (χ0v) is 12.8. The molecular formula is C15H18F3N3O. The van der Waals surface area contributed by atoms with Crippen LogP contribution >= 0.6 is 0 Å². The Labute approximate surface area is 127 Å². The van der Waals surface area contributed by atoms with Crippen molar-refractivity contribution in [3.05, 3.63) is 23.4 Å². The molecule has 0 aliphatic heterocycles. The van der Waals surface area contributed by atoms with Gasteiger partial charge in [0.1, 0.15) is 11.5 Å². The summed E-state index contributed by atoms with van der Waals surface area (Å²) in [7, 11) is 0. The van der Waals surface area contributed by atoms with Crippen molar-refractivity contribution in [3.8, 4) is 12.3 Å². The van der Waals surface area contributed by atoms with Crippen LogP contribution in [0.25, 0.3) is 0 Å². The Morgan fingerprint density at radius 2 is 1.91 bits per heavy atom. The van der Waals surface area contributed by atoms with E-state index >= 15 is 0 Å². The molecule has 0 saturated carbocycles. The molecule has 0 aliphatic carbocycles. The molecule has 0 atom stereocenters. The highest BCUT2D eigenvalue weighted by molar-refractivity contribution is 5.99. The van der Waals surface area contributed by atoms with Crippen LogP contribution in [0, 0.1) is 12.3 Å². The van der Waals surface area contributed by atoms with Crippen LogP contribution in [0.5, 0.6) is 0 Å². The largest absolute Gasteiger partial charge is 0.433 e. The van der Waals surface area contributed by atoms with E-state index in [0.29, 0.717) is 0 Å². The fourth-order valence-electron chi connectivity index (χ4n) is 1.57. The summed E-state index contributed by atoms with van der Waals surface area (Å²) in [6.45, 7) is 6.68. The van der Waals surface area contributed by atoms with Gasteiger partial charge in [-0.2, -0.15) is 13.2 Å². The normalized spacial score (nSPS) is 12.0. The Kier molecular flexibility index (Phi) is 5.07. The van der Waals surface area contributed by atoms with Gasteiger partial charge in [-0.15, -0.1) is 6.42 Å². The Morgan fingerprint density at radius 3 is 2.36 bits per heavy atom. The summed E-state index contributed by atoms with van der Waals surface area (Å²) in [6.07, 6.45) is 0.705. The maximum Gasteiger partial charge on any atom is 0.433 e. The van der Waals surface area contributed by atoms with E-state index < -0.39 is 23.3 Å². The van der Waals surface area contributed by atoms with Gasteiger partial charge in [0.15, 0.2) is 0 Å². The smallest absolute Gasteiger partial charge is 0.367 e. The van der Waals surface area contributed by atoms with E-state index in [4.69, 9.17) is 6.42 Å². The molecule has 22 heavy (non-hydrogen) atoms. The van der Waals surface area contributed by atoms with Gasteiger partial charge in [0, 0.05) is 6.04 Å². The molecular weight excluding hydrogens is 295 g/mol. The van der Waals surface area contributed by atoms with E-state index in [0.717, 1.165) is 12.1 Å². The Bertz CT molecular complexity index is 601. The maximum absolute atomic E-state index is 12.7. The molecule has 1 heterocycles. The highest BCUT2D eigenvalue weighted by Gasteiger charge is 2.34. The zero-order chi connectivity index (χ0) is 17.1. The lowest BCUT2D eigenvalue weighted by Crippen LogP contribution is -2.42. The van der Waals surface area contributed by atoms with Crippen molar-refractivity contribution < 1.29 is 18.0 Å². The van der Waals surface area contributed by atoms with Crippen molar-refractivity contribution in [2.75, 3.05) is 5.32 Å². The molecule has 0 aromatic carbocycles. The number of hydrogen-bond donors (Lipinski definition) is 2. The topological polar surface area (TPSA) is 54.0 Å². The van der Waals surface area contributed by atoms with Crippen molar-refractivity contribution >= 4 is 11.7 Å². The fraction of sp³-hybridized carbons (Fsp3) is 0.467. The molecule has 0 fully saturated rings. The Balaban J connectivity index is 3.24. The third kappa shape index (κ3) is 4.65. The van der Waals surface area contributed by atoms with Gasteiger partial charge in [0.05, 0.1) is 11.1 Å². The van der Waals surface area contributed by atoms with Gasteiger partial charge in [0.25, 0.3) is 5.91 Å². The van der Waals surface area contributed by atoms with Crippen molar-refractivity contribution in [3.63, 3.8) is 0 Å². The van der Waals surface area contributed by atoms with Crippen molar-refractivity contribution in [2.45, 2.75) is 45.5 Å². The molecule has 7 heteroatoms. The number of nitrogens with zero attached hydrogens (tertiary/aromatic N) is 1. The molecule has 0 bridgehead atoms. The average Bonchev–Trinajstić information content (AvgIpc) is 2.36. The molecule has 0 spiro atoms. The van der Waals surface area contributed by atoms with E-state index in [2.05, 4.69) is 21.5 Å². The van der Waals surface area contributed by atoms with Crippen LogP contribution in [0.2, 0.25) is 0 Å².